The fourth-order valence-electron chi connectivity index (χ4n) is 5.98. The lowest BCUT2D eigenvalue weighted by molar-refractivity contribution is -0.142. The number of carbonyl (C=O) groups is 4. The number of para-hydroxylation sites is 1. The van der Waals surface area contributed by atoms with Gasteiger partial charge in [0.1, 0.15) is 17.7 Å². The van der Waals surface area contributed by atoms with E-state index in [1.807, 2.05) is 60.7 Å². The molecule has 3 amide bonds. The fourth-order valence-corrected chi connectivity index (χ4v) is 5.98. The summed E-state index contributed by atoms with van der Waals surface area (Å²) in [5.74, 6) is -2.10. The molecule has 9 heteroatoms. The third-order valence-corrected chi connectivity index (χ3v) is 8.04. The van der Waals surface area contributed by atoms with Gasteiger partial charge in [-0.3, -0.25) is 14.5 Å². The number of nitrogens with zero attached hydrogens (tertiary/aromatic N) is 2. The lowest BCUT2D eigenvalue weighted by atomic mass is 9.93. The Hall–Kier alpha value is -5.18. The van der Waals surface area contributed by atoms with Gasteiger partial charge in [0, 0.05) is 19.4 Å². The van der Waals surface area contributed by atoms with Gasteiger partial charge < -0.3 is 20.1 Å². The Balaban J connectivity index is 1.37. The van der Waals surface area contributed by atoms with E-state index < -0.39 is 41.6 Å². The van der Waals surface area contributed by atoms with Gasteiger partial charge in [-0.15, -0.1) is 0 Å². The number of rotatable bonds is 4. The maximum atomic E-state index is 14.2. The minimum Gasteiger partial charge on any atom is -0.480 e. The van der Waals surface area contributed by atoms with Crippen LogP contribution in [0, 0.1) is 0 Å². The molecule has 0 aromatic heterocycles. The normalized spacial score (nSPS) is 17.5. The van der Waals surface area contributed by atoms with Crippen molar-refractivity contribution in [2.45, 2.75) is 57.8 Å². The first kappa shape index (κ1) is 28.9. The molecular weight excluding hydrogens is 558 g/mol. The average molecular weight is 592 g/mol. The van der Waals surface area contributed by atoms with E-state index in [9.17, 15) is 24.3 Å². The Morgan fingerprint density at radius 3 is 2.07 bits per heavy atom. The van der Waals surface area contributed by atoms with Crippen LogP contribution in [0.2, 0.25) is 0 Å². The van der Waals surface area contributed by atoms with Crippen LogP contribution in [0.1, 0.15) is 47.8 Å². The fraction of sp³-hybridized carbons (Fsp3) is 0.257. The SMILES string of the molecule is CC(C)(C)OC(=O)N1c2ccccc2C[C@@H]1C(=O)Nc1cc2ccccc2cc1C(=O)N1Cc2ccccc2C[C@@H]1C(=O)O. The second-order valence-corrected chi connectivity index (χ2v) is 12.2. The quantitative estimate of drug-likeness (QED) is 0.310. The van der Waals surface area contributed by atoms with Crippen LogP contribution in [0.3, 0.4) is 0 Å². The molecule has 44 heavy (non-hydrogen) atoms. The monoisotopic (exact) mass is 591 g/mol. The van der Waals surface area contributed by atoms with E-state index in [1.165, 1.54) is 9.80 Å². The van der Waals surface area contributed by atoms with Gasteiger partial charge in [0.25, 0.3) is 5.91 Å². The van der Waals surface area contributed by atoms with Crippen LogP contribution >= 0.6 is 0 Å². The molecule has 9 nitrogen and oxygen atoms in total. The van der Waals surface area contributed by atoms with Crippen molar-refractivity contribution >= 4 is 46.0 Å². The third kappa shape index (κ3) is 5.48. The van der Waals surface area contributed by atoms with E-state index in [0.29, 0.717) is 5.69 Å². The highest BCUT2D eigenvalue weighted by molar-refractivity contribution is 6.11. The number of fused-ring (bicyclic) bond motifs is 3. The molecule has 224 valence electrons. The van der Waals surface area contributed by atoms with Gasteiger partial charge >= 0.3 is 12.1 Å². The standard InChI is InChI=1S/C35H33N3O6/c1-35(2,3)44-34(43)38-28-15-9-8-13-24(28)19-29(38)31(39)36-27-17-22-11-5-4-10-21(22)16-26(27)32(40)37-20-25-14-7-6-12-23(25)18-30(37)33(41)42/h4-17,29-30H,18-20H2,1-3H3,(H,36,39)(H,41,42)/t29-,30-/m1/s1. The van der Waals surface area contributed by atoms with Crippen molar-refractivity contribution in [1.29, 1.82) is 0 Å². The largest absolute Gasteiger partial charge is 0.480 e. The molecule has 0 spiro atoms. The molecule has 0 aliphatic carbocycles. The highest BCUT2D eigenvalue weighted by Gasteiger charge is 2.41. The summed E-state index contributed by atoms with van der Waals surface area (Å²) >= 11 is 0. The van der Waals surface area contributed by atoms with Gasteiger partial charge in [-0.05, 0) is 66.4 Å². The summed E-state index contributed by atoms with van der Waals surface area (Å²) in [7, 11) is 0. The minimum absolute atomic E-state index is 0.122. The van der Waals surface area contributed by atoms with Gasteiger partial charge in [0.05, 0.1) is 16.9 Å². The zero-order valence-electron chi connectivity index (χ0n) is 24.7. The van der Waals surface area contributed by atoms with Crippen LogP contribution in [0.4, 0.5) is 16.2 Å². The number of aliphatic carboxylic acids is 1. The van der Waals surface area contributed by atoms with Gasteiger partial charge in [0.15, 0.2) is 0 Å². The molecule has 0 unspecified atom stereocenters. The number of carboxylic acids is 1. The van der Waals surface area contributed by atoms with Crippen LogP contribution in [0.5, 0.6) is 0 Å². The van der Waals surface area contributed by atoms with Crippen LogP contribution in [0.15, 0.2) is 84.9 Å². The minimum atomic E-state index is -1.10. The van der Waals surface area contributed by atoms with E-state index in [1.54, 1.807) is 45.0 Å². The Morgan fingerprint density at radius 1 is 0.795 bits per heavy atom. The molecule has 2 aliphatic heterocycles. The highest BCUT2D eigenvalue weighted by Crippen LogP contribution is 2.35. The summed E-state index contributed by atoms with van der Waals surface area (Å²) in [5.41, 5.74) is 2.81. The molecule has 2 heterocycles. The Morgan fingerprint density at radius 2 is 1.39 bits per heavy atom. The molecule has 0 radical (unpaired) electrons. The smallest absolute Gasteiger partial charge is 0.415 e. The topological polar surface area (TPSA) is 116 Å². The van der Waals surface area contributed by atoms with Crippen molar-refractivity contribution in [3.05, 3.63) is 107 Å². The third-order valence-electron chi connectivity index (χ3n) is 8.04. The summed E-state index contributed by atoms with van der Waals surface area (Å²) in [6.45, 7) is 5.41. The zero-order chi connectivity index (χ0) is 31.2. The first-order valence-corrected chi connectivity index (χ1v) is 14.5. The first-order valence-electron chi connectivity index (χ1n) is 14.5. The zero-order valence-corrected chi connectivity index (χ0v) is 24.7. The number of hydrogen-bond donors (Lipinski definition) is 2. The van der Waals surface area contributed by atoms with Crippen LogP contribution < -0.4 is 10.2 Å². The van der Waals surface area contributed by atoms with Gasteiger partial charge in [0.2, 0.25) is 5.91 Å². The lowest BCUT2D eigenvalue weighted by Gasteiger charge is -2.35. The highest BCUT2D eigenvalue weighted by atomic mass is 16.6. The molecule has 4 aromatic carbocycles. The summed E-state index contributed by atoms with van der Waals surface area (Å²) in [5, 5.41) is 14.6. The number of carbonyl (C=O) groups excluding carboxylic acids is 3. The van der Waals surface area contributed by atoms with E-state index in [0.717, 1.165) is 27.5 Å². The molecule has 2 atom stereocenters. The van der Waals surface area contributed by atoms with Gasteiger partial charge in [-0.25, -0.2) is 9.59 Å². The van der Waals surface area contributed by atoms with E-state index in [-0.39, 0.29) is 30.6 Å². The predicted octanol–water partition coefficient (Wildman–Crippen LogP) is 5.80. The van der Waals surface area contributed by atoms with E-state index >= 15 is 0 Å². The molecule has 6 rings (SSSR count). The number of benzene rings is 4. The van der Waals surface area contributed by atoms with Crippen molar-refractivity contribution < 1.29 is 29.0 Å². The van der Waals surface area contributed by atoms with E-state index in [2.05, 4.69) is 5.32 Å². The number of amides is 3. The molecule has 0 fully saturated rings. The average Bonchev–Trinajstić information content (AvgIpc) is 3.39. The summed E-state index contributed by atoms with van der Waals surface area (Å²) in [6.07, 6.45) is -0.200. The number of nitrogens with one attached hydrogen (secondary N) is 1. The number of anilines is 2. The second-order valence-electron chi connectivity index (χ2n) is 12.2. The second kappa shape index (κ2) is 11.1. The first-order chi connectivity index (χ1) is 21.0. The summed E-state index contributed by atoms with van der Waals surface area (Å²) in [4.78, 5) is 56.7. The van der Waals surface area contributed by atoms with Gasteiger partial charge in [-0.2, -0.15) is 0 Å². The van der Waals surface area contributed by atoms with Crippen molar-refractivity contribution in [3.63, 3.8) is 0 Å². The van der Waals surface area contributed by atoms with Crippen LogP contribution in [-0.2, 0) is 33.7 Å². The van der Waals surface area contributed by atoms with Crippen LogP contribution in [0.25, 0.3) is 10.8 Å². The molecule has 2 aliphatic rings. The summed E-state index contributed by atoms with van der Waals surface area (Å²) < 4.78 is 5.66. The Bertz CT molecular complexity index is 1810. The summed E-state index contributed by atoms with van der Waals surface area (Å²) in [6, 6.07) is 23.6. The molecule has 4 aromatic rings. The van der Waals surface area contributed by atoms with E-state index in [4.69, 9.17) is 4.74 Å². The van der Waals surface area contributed by atoms with Crippen molar-refractivity contribution in [2.24, 2.45) is 0 Å². The number of ether oxygens (including phenoxy) is 1. The van der Waals surface area contributed by atoms with Crippen molar-refractivity contribution in [3.8, 4) is 0 Å². The molecule has 0 bridgehead atoms. The number of hydrogen-bond acceptors (Lipinski definition) is 5. The van der Waals surface area contributed by atoms with Crippen molar-refractivity contribution in [2.75, 3.05) is 10.2 Å². The van der Waals surface area contributed by atoms with Crippen molar-refractivity contribution in [1.82, 2.24) is 4.90 Å². The van der Waals surface area contributed by atoms with Crippen LogP contribution in [-0.4, -0.2) is 51.6 Å². The molecule has 0 saturated carbocycles. The molecule has 0 saturated heterocycles. The maximum absolute atomic E-state index is 14.2. The lowest BCUT2D eigenvalue weighted by Crippen LogP contribution is -2.49. The Labute approximate surface area is 255 Å². The maximum Gasteiger partial charge on any atom is 0.415 e. The number of carboxylic acid groups (broad SMARTS) is 1. The molecule has 2 N–H and O–H groups in total. The predicted molar refractivity (Wildman–Crippen MR) is 167 cm³/mol. The molecular formula is C35H33N3O6. The van der Waals surface area contributed by atoms with Gasteiger partial charge in [-0.1, -0.05) is 66.7 Å². The Kier molecular flexibility index (Phi) is 7.33.